The van der Waals surface area contributed by atoms with Gasteiger partial charge in [0.05, 0.1) is 11.1 Å². The number of rotatable bonds is 6. The van der Waals surface area contributed by atoms with E-state index in [1.807, 2.05) is 0 Å². The third-order valence-electron chi connectivity index (χ3n) is 5.76. The summed E-state index contributed by atoms with van der Waals surface area (Å²) in [6, 6.07) is 6.37. The number of benzene rings is 1. The molecule has 7 nitrogen and oxygen atoms in total. The second-order valence-corrected chi connectivity index (χ2v) is 8.26. The van der Waals surface area contributed by atoms with Crippen LogP contribution in [0.25, 0.3) is 0 Å². The Morgan fingerprint density at radius 2 is 1.69 bits per heavy atom. The van der Waals surface area contributed by atoms with Crippen LogP contribution in [0.3, 0.4) is 0 Å². The predicted octanol–water partition coefficient (Wildman–Crippen LogP) is 2.83. The lowest BCUT2D eigenvalue weighted by Gasteiger charge is -2.36. The number of imide groups is 1. The van der Waals surface area contributed by atoms with E-state index in [1.165, 1.54) is 12.1 Å². The fourth-order valence-corrected chi connectivity index (χ4v) is 4.15. The van der Waals surface area contributed by atoms with E-state index in [4.69, 9.17) is 9.47 Å². The zero-order valence-electron chi connectivity index (χ0n) is 17.1. The van der Waals surface area contributed by atoms with Crippen molar-refractivity contribution in [1.82, 2.24) is 4.90 Å². The first-order valence-corrected chi connectivity index (χ1v) is 10.1. The maximum absolute atomic E-state index is 12.3. The molecule has 7 heteroatoms. The van der Waals surface area contributed by atoms with Crippen LogP contribution >= 0.6 is 0 Å². The van der Waals surface area contributed by atoms with Crippen molar-refractivity contribution in [2.75, 3.05) is 13.2 Å². The molecule has 2 amide bonds. The standard InChI is InChI=1S/C22H27NO6/c1-13(2)15-9-8-14(3)10-18(15)29-20(25)12-28-19(24)11-23-21(26)16-6-4-5-7-17(16)22(23)27/h4-7,13-15,18H,8-12H2,1-3H3. The van der Waals surface area contributed by atoms with Gasteiger partial charge in [-0.25, -0.2) is 4.79 Å². The van der Waals surface area contributed by atoms with Crippen molar-refractivity contribution in [3.63, 3.8) is 0 Å². The fraction of sp³-hybridized carbons (Fsp3) is 0.545. The maximum Gasteiger partial charge on any atom is 0.344 e. The van der Waals surface area contributed by atoms with Crippen molar-refractivity contribution < 1.29 is 28.7 Å². The topological polar surface area (TPSA) is 90.0 Å². The SMILES string of the molecule is CC1CCC(C(C)C)C(OC(=O)COC(=O)CN2C(=O)c3ccccc3C2=O)C1. The molecule has 0 N–H and O–H groups in total. The van der Waals surface area contributed by atoms with E-state index in [1.54, 1.807) is 12.1 Å². The van der Waals surface area contributed by atoms with Crippen molar-refractivity contribution in [2.45, 2.75) is 46.1 Å². The highest BCUT2D eigenvalue weighted by Gasteiger charge is 2.37. The van der Waals surface area contributed by atoms with Crippen molar-refractivity contribution in [1.29, 1.82) is 0 Å². The third-order valence-corrected chi connectivity index (χ3v) is 5.76. The summed E-state index contributed by atoms with van der Waals surface area (Å²) < 4.78 is 10.6. The molecular formula is C22H27NO6. The Hall–Kier alpha value is -2.70. The van der Waals surface area contributed by atoms with Crippen molar-refractivity contribution in [2.24, 2.45) is 17.8 Å². The summed E-state index contributed by atoms with van der Waals surface area (Å²) in [5, 5.41) is 0. The highest BCUT2D eigenvalue weighted by Crippen LogP contribution is 2.35. The number of esters is 2. The van der Waals surface area contributed by atoms with E-state index in [9.17, 15) is 19.2 Å². The van der Waals surface area contributed by atoms with Crippen molar-refractivity contribution in [3.8, 4) is 0 Å². The molecule has 0 spiro atoms. The van der Waals surface area contributed by atoms with Crippen molar-refractivity contribution in [3.05, 3.63) is 35.4 Å². The van der Waals surface area contributed by atoms with Gasteiger partial charge in [0.25, 0.3) is 11.8 Å². The Kier molecular flexibility index (Phi) is 6.35. The van der Waals surface area contributed by atoms with Gasteiger partial charge in [0.2, 0.25) is 0 Å². The molecule has 0 saturated heterocycles. The number of ether oxygens (including phenoxy) is 2. The number of amides is 2. The molecule has 1 aromatic carbocycles. The molecule has 3 unspecified atom stereocenters. The van der Waals surface area contributed by atoms with Gasteiger partial charge in [-0.2, -0.15) is 0 Å². The number of hydrogen-bond donors (Lipinski definition) is 0. The molecule has 156 valence electrons. The number of carbonyl (C=O) groups is 4. The molecule has 1 aliphatic heterocycles. The minimum absolute atomic E-state index is 0.179. The van der Waals surface area contributed by atoms with E-state index in [2.05, 4.69) is 20.8 Å². The van der Waals surface area contributed by atoms with E-state index in [0.717, 1.165) is 24.2 Å². The lowest BCUT2D eigenvalue weighted by Crippen LogP contribution is -2.38. The summed E-state index contributed by atoms with van der Waals surface area (Å²) in [5.74, 6) is -1.33. The Bertz CT molecular complexity index is 782. The maximum atomic E-state index is 12.3. The van der Waals surface area contributed by atoms with Crippen LogP contribution in [0.4, 0.5) is 0 Å². The smallest absolute Gasteiger partial charge is 0.344 e. The number of fused-ring (bicyclic) bond motifs is 1. The van der Waals surface area contributed by atoms with Gasteiger partial charge < -0.3 is 9.47 Å². The second-order valence-electron chi connectivity index (χ2n) is 8.26. The largest absolute Gasteiger partial charge is 0.460 e. The van der Waals surface area contributed by atoms with Gasteiger partial charge in [-0.1, -0.05) is 39.3 Å². The molecule has 1 saturated carbocycles. The summed E-state index contributed by atoms with van der Waals surface area (Å²) in [4.78, 5) is 49.7. The van der Waals surface area contributed by atoms with Gasteiger partial charge in [-0.3, -0.25) is 19.3 Å². The molecule has 0 aromatic heterocycles. The minimum Gasteiger partial charge on any atom is -0.460 e. The van der Waals surface area contributed by atoms with Gasteiger partial charge in [-0.15, -0.1) is 0 Å². The van der Waals surface area contributed by atoms with Gasteiger partial charge in [0.15, 0.2) is 6.61 Å². The Morgan fingerprint density at radius 1 is 1.07 bits per heavy atom. The Labute approximate surface area is 170 Å². The minimum atomic E-state index is -0.825. The molecule has 2 aliphatic rings. The van der Waals surface area contributed by atoms with Crippen LogP contribution in [-0.2, 0) is 19.1 Å². The Morgan fingerprint density at radius 3 is 2.28 bits per heavy atom. The van der Waals surface area contributed by atoms with Crippen LogP contribution in [0, 0.1) is 17.8 Å². The van der Waals surface area contributed by atoms with E-state index >= 15 is 0 Å². The Balaban J connectivity index is 1.50. The van der Waals surface area contributed by atoms with Crippen molar-refractivity contribution >= 4 is 23.8 Å². The highest BCUT2D eigenvalue weighted by molar-refractivity contribution is 6.22. The number of carbonyl (C=O) groups excluding carboxylic acids is 4. The number of nitrogens with zero attached hydrogens (tertiary/aromatic N) is 1. The molecule has 1 aromatic rings. The second kappa shape index (κ2) is 8.76. The number of hydrogen-bond acceptors (Lipinski definition) is 6. The zero-order chi connectivity index (χ0) is 21.1. The van der Waals surface area contributed by atoms with Gasteiger partial charge in [-0.05, 0) is 42.7 Å². The summed E-state index contributed by atoms with van der Waals surface area (Å²) in [7, 11) is 0. The molecule has 0 bridgehead atoms. The van der Waals surface area contributed by atoms with E-state index in [-0.39, 0.29) is 17.2 Å². The predicted molar refractivity (Wildman–Crippen MR) is 104 cm³/mol. The fourth-order valence-electron chi connectivity index (χ4n) is 4.15. The molecule has 1 fully saturated rings. The molecule has 1 aliphatic carbocycles. The van der Waals surface area contributed by atoms with Crippen LogP contribution in [0.1, 0.15) is 60.7 Å². The lowest BCUT2D eigenvalue weighted by atomic mass is 9.75. The summed E-state index contributed by atoms with van der Waals surface area (Å²) in [6.45, 7) is 5.30. The molecule has 3 atom stereocenters. The summed E-state index contributed by atoms with van der Waals surface area (Å²) in [5.41, 5.74) is 0.520. The first-order chi connectivity index (χ1) is 13.8. The van der Waals surface area contributed by atoms with Crippen LogP contribution in [0.2, 0.25) is 0 Å². The van der Waals surface area contributed by atoms with Crippen LogP contribution in [-0.4, -0.2) is 47.9 Å². The van der Waals surface area contributed by atoms with Crippen LogP contribution in [0.15, 0.2) is 24.3 Å². The van der Waals surface area contributed by atoms with Gasteiger partial charge >= 0.3 is 11.9 Å². The molecule has 3 rings (SSSR count). The summed E-state index contributed by atoms with van der Waals surface area (Å²) in [6.07, 6.45) is 2.75. The van der Waals surface area contributed by atoms with Gasteiger partial charge in [0, 0.05) is 0 Å². The monoisotopic (exact) mass is 401 g/mol. The molecular weight excluding hydrogens is 374 g/mol. The molecule has 0 radical (unpaired) electrons. The molecule has 1 heterocycles. The summed E-state index contributed by atoms with van der Waals surface area (Å²) >= 11 is 0. The first kappa shape index (κ1) is 21.0. The van der Waals surface area contributed by atoms with Crippen LogP contribution < -0.4 is 0 Å². The third kappa shape index (κ3) is 4.66. The normalized spacial score (nSPS) is 23.9. The first-order valence-electron chi connectivity index (χ1n) is 10.1. The lowest BCUT2D eigenvalue weighted by molar-refractivity contribution is -0.167. The molecule has 29 heavy (non-hydrogen) atoms. The van der Waals surface area contributed by atoms with E-state index < -0.39 is 36.9 Å². The van der Waals surface area contributed by atoms with Crippen LogP contribution in [0.5, 0.6) is 0 Å². The highest BCUT2D eigenvalue weighted by atomic mass is 16.6. The van der Waals surface area contributed by atoms with Gasteiger partial charge in [0.1, 0.15) is 12.6 Å². The zero-order valence-corrected chi connectivity index (χ0v) is 17.1. The quantitative estimate of drug-likeness (QED) is 0.538. The average molecular weight is 401 g/mol. The van der Waals surface area contributed by atoms with E-state index in [0.29, 0.717) is 17.8 Å². The average Bonchev–Trinajstić information content (AvgIpc) is 2.91.